The van der Waals surface area contributed by atoms with Crippen molar-refractivity contribution < 1.29 is 18.0 Å². The standard InChI is InChI=1S/C27H30ClN3O4S/c1-19-8-12-22(13-9-19)17-30(21(3)27(33)29-4)26(32)18-31(24-7-5-6-23(28)16-24)36(34,35)25-14-10-20(2)11-15-25/h5-16,21H,17-18H2,1-4H3,(H,29,33)/t21-/m1/s1. The molecule has 0 aliphatic heterocycles. The Hall–Kier alpha value is -3.36. The van der Waals surface area contributed by atoms with Crippen molar-refractivity contribution >= 4 is 39.1 Å². The summed E-state index contributed by atoms with van der Waals surface area (Å²) in [6, 6.07) is 19.5. The van der Waals surface area contributed by atoms with E-state index in [9.17, 15) is 18.0 Å². The maximum Gasteiger partial charge on any atom is 0.264 e. The van der Waals surface area contributed by atoms with Crippen LogP contribution in [0.2, 0.25) is 5.02 Å². The van der Waals surface area contributed by atoms with E-state index in [-0.39, 0.29) is 23.0 Å². The molecule has 3 aromatic rings. The quantitative estimate of drug-likeness (QED) is 0.449. The first-order chi connectivity index (χ1) is 17.0. The van der Waals surface area contributed by atoms with E-state index in [4.69, 9.17) is 11.6 Å². The first-order valence-corrected chi connectivity index (χ1v) is 13.3. The first-order valence-electron chi connectivity index (χ1n) is 11.4. The number of aryl methyl sites for hydroxylation is 2. The molecule has 0 unspecified atom stereocenters. The molecule has 0 aromatic heterocycles. The van der Waals surface area contributed by atoms with E-state index in [0.29, 0.717) is 5.02 Å². The summed E-state index contributed by atoms with van der Waals surface area (Å²) in [5.41, 5.74) is 3.04. The molecular formula is C27H30ClN3O4S. The monoisotopic (exact) mass is 527 g/mol. The Morgan fingerprint density at radius 3 is 2.08 bits per heavy atom. The van der Waals surface area contributed by atoms with Crippen molar-refractivity contribution in [2.75, 3.05) is 17.9 Å². The number of nitrogens with zero attached hydrogens (tertiary/aromatic N) is 2. The largest absolute Gasteiger partial charge is 0.357 e. The lowest BCUT2D eigenvalue weighted by atomic mass is 10.1. The van der Waals surface area contributed by atoms with Gasteiger partial charge in [-0.05, 0) is 56.7 Å². The summed E-state index contributed by atoms with van der Waals surface area (Å²) >= 11 is 6.17. The first kappa shape index (κ1) is 27.2. The molecule has 190 valence electrons. The number of benzene rings is 3. The maximum absolute atomic E-state index is 13.7. The molecule has 0 fully saturated rings. The highest BCUT2D eigenvalue weighted by molar-refractivity contribution is 7.92. The Morgan fingerprint density at radius 2 is 1.53 bits per heavy atom. The van der Waals surface area contributed by atoms with Gasteiger partial charge in [-0.15, -0.1) is 0 Å². The van der Waals surface area contributed by atoms with Crippen molar-refractivity contribution in [3.05, 3.63) is 94.5 Å². The molecule has 0 aliphatic rings. The van der Waals surface area contributed by atoms with Crippen molar-refractivity contribution in [3.8, 4) is 0 Å². The molecule has 9 heteroatoms. The molecule has 36 heavy (non-hydrogen) atoms. The van der Waals surface area contributed by atoms with Gasteiger partial charge in [-0.1, -0.05) is 65.2 Å². The summed E-state index contributed by atoms with van der Waals surface area (Å²) in [5, 5.41) is 2.90. The molecule has 0 saturated heterocycles. The van der Waals surface area contributed by atoms with E-state index in [2.05, 4.69) is 5.32 Å². The highest BCUT2D eigenvalue weighted by Gasteiger charge is 2.32. The van der Waals surface area contributed by atoms with Gasteiger partial charge >= 0.3 is 0 Å². The number of hydrogen-bond donors (Lipinski definition) is 1. The minimum Gasteiger partial charge on any atom is -0.357 e. The van der Waals surface area contributed by atoms with Gasteiger partial charge in [0, 0.05) is 18.6 Å². The SMILES string of the molecule is CNC(=O)[C@@H](C)N(Cc1ccc(C)cc1)C(=O)CN(c1cccc(Cl)c1)S(=O)(=O)c1ccc(C)cc1. The lowest BCUT2D eigenvalue weighted by Crippen LogP contribution is -2.50. The van der Waals surface area contributed by atoms with Crippen LogP contribution in [0.4, 0.5) is 5.69 Å². The Kier molecular flexibility index (Phi) is 8.76. The van der Waals surface area contributed by atoms with Crippen LogP contribution in [-0.2, 0) is 26.2 Å². The van der Waals surface area contributed by atoms with E-state index in [1.807, 2.05) is 38.1 Å². The van der Waals surface area contributed by atoms with Crippen molar-refractivity contribution in [1.29, 1.82) is 0 Å². The maximum atomic E-state index is 13.7. The molecule has 3 aromatic carbocycles. The predicted molar refractivity (Wildman–Crippen MR) is 142 cm³/mol. The lowest BCUT2D eigenvalue weighted by molar-refractivity contribution is -0.139. The third kappa shape index (κ3) is 6.44. The zero-order valence-electron chi connectivity index (χ0n) is 20.7. The van der Waals surface area contributed by atoms with Crippen LogP contribution in [0.25, 0.3) is 0 Å². The fourth-order valence-corrected chi connectivity index (χ4v) is 5.27. The zero-order chi connectivity index (χ0) is 26.5. The van der Waals surface area contributed by atoms with Gasteiger partial charge in [-0.3, -0.25) is 13.9 Å². The lowest BCUT2D eigenvalue weighted by Gasteiger charge is -2.31. The third-order valence-corrected chi connectivity index (χ3v) is 7.89. The second kappa shape index (κ2) is 11.6. The van der Waals surface area contributed by atoms with Crippen LogP contribution in [0, 0.1) is 13.8 Å². The highest BCUT2D eigenvalue weighted by atomic mass is 35.5. The Labute approximate surface area is 217 Å². The summed E-state index contributed by atoms with van der Waals surface area (Å²) in [5.74, 6) is -0.881. The van der Waals surface area contributed by atoms with Gasteiger partial charge in [0.15, 0.2) is 0 Å². The summed E-state index contributed by atoms with van der Waals surface area (Å²) in [4.78, 5) is 27.6. The van der Waals surface area contributed by atoms with Crippen LogP contribution < -0.4 is 9.62 Å². The Bertz CT molecular complexity index is 1330. The number of likely N-dealkylation sites (N-methyl/N-ethyl adjacent to an activating group) is 1. The Balaban J connectivity index is 2.02. The fourth-order valence-electron chi connectivity index (χ4n) is 3.68. The second-order valence-electron chi connectivity index (χ2n) is 8.60. The average Bonchev–Trinajstić information content (AvgIpc) is 2.86. The average molecular weight is 528 g/mol. The van der Waals surface area contributed by atoms with E-state index >= 15 is 0 Å². The van der Waals surface area contributed by atoms with Crippen molar-refractivity contribution in [2.24, 2.45) is 0 Å². The van der Waals surface area contributed by atoms with Gasteiger partial charge < -0.3 is 10.2 Å². The normalized spacial score (nSPS) is 12.0. The summed E-state index contributed by atoms with van der Waals surface area (Å²) in [7, 11) is -2.63. The number of hydrogen-bond acceptors (Lipinski definition) is 4. The molecule has 0 aliphatic carbocycles. The number of rotatable bonds is 9. The number of halogens is 1. The molecule has 0 saturated carbocycles. The van der Waals surface area contributed by atoms with Gasteiger partial charge in [0.05, 0.1) is 10.6 Å². The van der Waals surface area contributed by atoms with Crippen LogP contribution in [0.5, 0.6) is 0 Å². The van der Waals surface area contributed by atoms with Crippen molar-refractivity contribution in [3.63, 3.8) is 0 Å². The molecule has 7 nitrogen and oxygen atoms in total. The molecule has 0 bridgehead atoms. The third-order valence-electron chi connectivity index (χ3n) is 5.87. The number of amides is 2. The number of nitrogens with one attached hydrogen (secondary N) is 1. The molecule has 2 amide bonds. The molecule has 0 heterocycles. The predicted octanol–water partition coefficient (Wildman–Crippen LogP) is 4.32. The summed E-state index contributed by atoms with van der Waals surface area (Å²) < 4.78 is 28.4. The zero-order valence-corrected chi connectivity index (χ0v) is 22.3. The number of carbonyl (C=O) groups excluding carboxylic acids is 2. The minimum atomic E-state index is -4.12. The second-order valence-corrected chi connectivity index (χ2v) is 10.9. The number of sulfonamides is 1. The fraction of sp³-hybridized carbons (Fsp3) is 0.259. The van der Waals surface area contributed by atoms with Crippen molar-refractivity contribution in [1.82, 2.24) is 10.2 Å². The van der Waals surface area contributed by atoms with Gasteiger partial charge in [0.2, 0.25) is 11.8 Å². The molecule has 3 rings (SSSR count). The van der Waals surface area contributed by atoms with Crippen LogP contribution in [0.15, 0.2) is 77.7 Å². The number of carbonyl (C=O) groups is 2. The van der Waals surface area contributed by atoms with Gasteiger partial charge in [-0.25, -0.2) is 8.42 Å². The van der Waals surface area contributed by atoms with E-state index in [1.165, 1.54) is 30.1 Å². The summed E-state index contributed by atoms with van der Waals surface area (Å²) in [6.07, 6.45) is 0. The van der Waals surface area contributed by atoms with Crippen LogP contribution in [0.1, 0.15) is 23.6 Å². The van der Waals surface area contributed by atoms with Crippen LogP contribution in [0.3, 0.4) is 0 Å². The molecule has 0 radical (unpaired) electrons. The molecule has 1 atom stereocenters. The highest BCUT2D eigenvalue weighted by Crippen LogP contribution is 2.27. The minimum absolute atomic E-state index is 0.0466. The summed E-state index contributed by atoms with van der Waals surface area (Å²) in [6.45, 7) is 5.06. The van der Waals surface area contributed by atoms with Crippen LogP contribution >= 0.6 is 11.6 Å². The topological polar surface area (TPSA) is 86.8 Å². The smallest absolute Gasteiger partial charge is 0.264 e. The Morgan fingerprint density at radius 1 is 0.944 bits per heavy atom. The van der Waals surface area contributed by atoms with E-state index < -0.39 is 28.5 Å². The van der Waals surface area contributed by atoms with Crippen molar-refractivity contribution in [2.45, 2.75) is 38.3 Å². The van der Waals surface area contributed by atoms with E-state index in [0.717, 1.165) is 21.0 Å². The van der Waals surface area contributed by atoms with E-state index in [1.54, 1.807) is 37.3 Å². The van der Waals surface area contributed by atoms with Gasteiger partial charge in [0.1, 0.15) is 12.6 Å². The van der Waals surface area contributed by atoms with Gasteiger partial charge in [0.25, 0.3) is 10.0 Å². The molecule has 0 spiro atoms. The number of anilines is 1. The van der Waals surface area contributed by atoms with Crippen LogP contribution in [-0.4, -0.2) is 44.8 Å². The molecule has 1 N–H and O–H groups in total. The van der Waals surface area contributed by atoms with Gasteiger partial charge in [-0.2, -0.15) is 0 Å². The molecular weight excluding hydrogens is 498 g/mol.